The number of aryl methyl sites for hydroxylation is 1. The zero-order valence-corrected chi connectivity index (χ0v) is 10.3. The van der Waals surface area contributed by atoms with Gasteiger partial charge in [0.1, 0.15) is 0 Å². The van der Waals surface area contributed by atoms with Crippen molar-refractivity contribution in [3.8, 4) is 0 Å². The Morgan fingerprint density at radius 2 is 2.44 bits per heavy atom. The second kappa shape index (κ2) is 5.46. The van der Waals surface area contributed by atoms with Crippen LogP contribution in [0.25, 0.3) is 0 Å². The predicted molar refractivity (Wildman–Crippen MR) is 65.1 cm³/mol. The molecule has 2 rings (SSSR count). The molecule has 4 heteroatoms. The SMILES string of the molecule is CCN1CCC(CNCc2ccn(C)n2)C1. The van der Waals surface area contributed by atoms with E-state index in [4.69, 9.17) is 0 Å². The molecule has 1 aliphatic heterocycles. The first kappa shape index (κ1) is 11.6. The molecule has 1 saturated heterocycles. The molecule has 0 amide bonds. The van der Waals surface area contributed by atoms with Gasteiger partial charge in [-0.05, 0) is 38.0 Å². The van der Waals surface area contributed by atoms with E-state index >= 15 is 0 Å². The highest BCUT2D eigenvalue weighted by molar-refractivity contribution is 4.97. The van der Waals surface area contributed by atoms with Crippen LogP contribution in [0, 0.1) is 5.92 Å². The van der Waals surface area contributed by atoms with Crippen LogP contribution in [0.5, 0.6) is 0 Å². The van der Waals surface area contributed by atoms with E-state index in [0.29, 0.717) is 0 Å². The van der Waals surface area contributed by atoms with Crippen LogP contribution in [0.1, 0.15) is 19.0 Å². The Bertz CT molecular complexity index is 321. The van der Waals surface area contributed by atoms with E-state index in [-0.39, 0.29) is 0 Å². The number of nitrogens with zero attached hydrogens (tertiary/aromatic N) is 3. The number of nitrogens with one attached hydrogen (secondary N) is 1. The summed E-state index contributed by atoms with van der Waals surface area (Å²) in [6, 6.07) is 2.07. The van der Waals surface area contributed by atoms with E-state index in [0.717, 1.165) is 24.7 Å². The number of hydrogen-bond donors (Lipinski definition) is 1. The molecule has 1 unspecified atom stereocenters. The Morgan fingerprint density at radius 1 is 1.56 bits per heavy atom. The highest BCUT2D eigenvalue weighted by Crippen LogP contribution is 2.14. The molecule has 1 aromatic heterocycles. The Labute approximate surface area is 97.6 Å². The molecule has 0 radical (unpaired) electrons. The molecule has 90 valence electrons. The summed E-state index contributed by atoms with van der Waals surface area (Å²) >= 11 is 0. The molecule has 16 heavy (non-hydrogen) atoms. The molecule has 1 fully saturated rings. The highest BCUT2D eigenvalue weighted by Gasteiger charge is 2.20. The summed E-state index contributed by atoms with van der Waals surface area (Å²) in [5.74, 6) is 0.823. The van der Waals surface area contributed by atoms with Gasteiger partial charge in [-0.1, -0.05) is 6.92 Å². The second-order valence-electron chi connectivity index (χ2n) is 4.66. The second-order valence-corrected chi connectivity index (χ2v) is 4.66. The van der Waals surface area contributed by atoms with Gasteiger partial charge in [-0.2, -0.15) is 5.10 Å². The molecule has 4 nitrogen and oxygen atoms in total. The third-order valence-corrected chi connectivity index (χ3v) is 3.33. The molecule has 0 saturated carbocycles. The van der Waals surface area contributed by atoms with Crippen LogP contribution in [0.2, 0.25) is 0 Å². The van der Waals surface area contributed by atoms with Crippen LogP contribution >= 0.6 is 0 Å². The molecule has 1 aliphatic rings. The van der Waals surface area contributed by atoms with Crippen LogP contribution < -0.4 is 5.32 Å². The molecule has 0 spiro atoms. The van der Waals surface area contributed by atoms with E-state index in [9.17, 15) is 0 Å². The van der Waals surface area contributed by atoms with Gasteiger partial charge < -0.3 is 10.2 Å². The van der Waals surface area contributed by atoms with Crippen LogP contribution in [-0.2, 0) is 13.6 Å². The molecular formula is C12H22N4. The van der Waals surface area contributed by atoms with Gasteiger partial charge in [-0.15, -0.1) is 0 Å². The minimum absolute atomic E-state index is 0.823. The normalized spacial score (nSPS) is 21.8. The molecule has 0 aromatic carbocycles. The Kier molecular flexibility index (Phi) is 3.96. The molecule has 0 aliphatic carbocycles. The molecule has 0 bridgehead atoms. The summed E-state index contributed by atoms with van der Waals surface area (Å²) in [7, 11) is 1.96. The smallest absolute Gasteiger partial charge is 0.0762 e. The van der Waals surface area contributed by atoms with Gasteiger partial charge in [0, 0.05) is 26.3 Å². The summed E-state index contributed by atoms with van der Waals surface area (Å²) in [5, 5.41) is 7.85. The van der Waals surface area contributed by atoms with E-state index in [1.807, 2.05) is 17.9 Å². The van der Waals surface area contributed by atoms with E-state index in [2.05, 4.69) is 28.3 Å². The highest BCUT2D eigenvalue weighted by atomic mass is 15.3. The largest absolute Gasteiger partial charge is 0.311 e. The van der Waals surface area contributed by atoms with Crippen LogP contribution in [0.3, 0.4) is 0 Å². The van der Waals surface area contributed by atoms with Crippen molar-refractivity contribution in [3.05, 3.63) is 18.0 Å². The van der Waals surface area contributed by atoms with Gasteiger partial charge in [0.2, 0.25) is 0 Å². The zero-order valence-electron chi connectivity index (χ0n) is 10.3. The Hall–Kier alpha value is -0.870. The van der Waals surface area contributed by atoms with Gasteiger partial charge in [-0.3, -0.25) is 4.68 Å². The third kappa shape index (κ3) is 3.06. The van der Waals surface area contributed by atoms with Crippen molar-refractivity contribution in [2.45, 2.75) is 19.9 Å². The lowest BCUT2D eigenvalue weighted by Gasteiger charge is -2.13. The lowest BCUT2D eigenvalue weighted by atomic mass is 10.1. The van der Waals surface area contributed by atoms with Crippen molar-refractivity contribution in [2.75, 3.05) is 26.2 Å². The average Bonchev–Trinajstić information content (AvgIpc) is 2.88. The minimum atomic E-state index is 0.823. The van der Waals surface area contributed by atoms with Crippen molar-refractivity contribution in [2.24, 2.45) is 13.0 Å². The quantitative estimate of drug-likeness (QED) is 0.802. The first-order valence-electron chi connectivity index (χ1n) is 6.19. The molecule has 2 heterocycles. The molecular weight excluding hydrogens is 200 g/mol. The summed E-state index contributed by atoms with van der Waals surface area (Å²) in [6.07, 6.45) is 3.33. The van der Waals surface area contributed by atoms with Gasteiger partial charge in [0.25, 0.3) is 0 Å². The summed E-state index contributed by atoms with van der Waals surface area (Å²) < 4.78 is 1.85. The number of rotatable bonds is 5. The van der Waals surface area contributed by atoms with Crippen molar-refractivity contribution in [1.29, 1.82) is 0 Å². The first-order valence-corrected chi connectivity index (χ1v) is 6.19. The van der Waals surface area contributed by atoms with Crippen molar-refractivity contribution in [1.82, 2.24) is 20.0 Å². The first-order chi connectivity index (χ1) is 7.78. The molecule has 1 atom stereocenters. The molecule has 1 N–H and O–H groups in total. The van der Waals surface area contributed by atoms with Gasteiger partial charge in [-0.25, -0.2) is 0 Å². The van der Waals surface area contributed by atoms with Crippen molar-refractivity contribution < 1.29 is 0 Å². The summed E-state index contributed by atoms with van der Waals surface area (Å²) in [6.45, 7) is 7.97. The lowest BCUT2D eigenvalue weighted by Crippen LogP contribution is -2.26. The topological polar surface area (TPSA) is 33.1 Å². The maximum absolute atomic E-state index is 4.35. The van der Waals surface area contributed by atoms with E-state index in [1.54, 1.807) is 0 Å². The fourth-order valence-corrected chi connectivity index (χ4v) is 2.33. The molecule has 1 aromatic rings. The summed E-state index contributed by atoms with van der Waals surface area (Å²) in [4.78, 5) is 2.52. The maximum Gasteiger partial charge on any atom is 0.0762 e. The van der Waals surface area contributed by atoms with E-state index in [1.165, 1.54) is 26.1 Å². The van der Waals surface area contributed by atoms with E-state index < -0.39 is 0 Å². The van der Waals surface area contributed by atoms with Crippen molar-refractivity contribution in [3.63, 3.8) is 0 Å². The lowest BCUT2D eigenvalue weighted by molar-refractivity contribution is 0.338. The fraction of sp³-hybridized carbons (Fsp3) is 0.750. The average molecular weight is 222 g/mol. The monoisotopic (exact) mass is 222 g/mol. The Morgan fingerprint density at radius 3 is 3.06 bits per heavy atom. The number of aromatic nitrogens is 2. The zero-order chi connectivity index (χ0) is 11.4. The standard InChI is InChI=1S/C12H22N4/c1-3-16-7-4-11(10-16)8-13-9-12-5-6-15(2)14-12/h5-6,11,13H,3-4,7-10H2,1-2H3. The van der Waals surface area contributed by atoms with Gasteiger partial charge in [0.15, 0.2) is 0 Å². The Balaban J connectivity index is 1.65. The van der Waals surface area contributed by atoms with Crippen LogP contribution in [0.15, 0.2) is 12.3 Å². The summed E-state index contributed by atoms with van der Waals surface area (Å²) in [5.41, 5.74) is 1.13. The van der Waals surface area contributed by atoms with Crippen LogP contribution in [0.4, 0.5) is 0 Å². The van der Waals surface area contributed by atoms with Gasteiger partial charge >= 0.3 is 0 Å². The van der Waals surface area contributed by atoms with Gasteiger partial charge in [0.05, 0.1) is 5.69 Å². The predicted octanol–water partition coefficient (Wildman–Crippen LogP) is 0.851. The number of hydrogen-bond acceptors (Lipinski definition) is 3. The minimum Gasteiger partial charge on any atom is -0.311 e. The van der Waals surface area contributed by atoms with Crippen LogP contribution in [-0.4, -0.2) is 40.9 Å². The fourth-order valence-electron chi connectivity index (χ4n) is 2.33. The third-order valence-electron chi connectivity index (χ3n) is 3.33. The maximum atomic E-state index is 4.35. The number of likely N-dealkylation sites (tertiary alicyclic amines) is 1. The van der Waals surface area contributed by atoms with Crippen molar-refractivity contribution >= 4 is 0 Å².